The fourth-order valence-electron chi connectivity index (χ4n) is 17.6. The van der Waals surface area contributed by atoms with Crippen LogP contribution in [-0.4, -0.2) is 48.3 Å². The van der Waals surface area contributed by atoms with Gasteiger partial charge in [-0.3, -0.25) is 4.99 Å². The van der Waals surface area contributed by atoms with Crippen molar-refractivity contribution in [3.8, 4) is 22.7 Å². The van der Waals surface area contributed by atoms with Gasteiger partial charge in [-0.05, 0) is 80.3 Å². The van der Waals surface area contributed by atoms with E-state index in [1.165, 1.54) is 75.7 Å². The van der Waals surface area contributed by atoms with Crippen molar-refractivity contribution in [2.75, 3.05) is 7.05 Å². The Bertz CT molecular complexity index is 7050. The molecule has 20 aromatic rings. The van der Waals surface area contributed by atoms with E-state index in [0.717, 1.165) is 122 Å². The number of para-hydroxylation sites is 2. The first-order valence-corrected chi connectivity index (χ1v) is 34.8. The number of benzene rings is 16. The predicted molar refractivity (Wildman–Crippen MR) is 424 cm³/mol. The van der Waals surface area contributed by atoms with Gasteiger partial charge in [0.25, 0.3) is 0 Å². The average Bonchev–Trinajstić information content (AvgIpc) is 1.53. The van der Waals surface area contributed by atoms with E-state index in [1.54, 1.807) is 0 Å². The second kappa shape index (κ2) is 21.3. The zero-order chi connectivity index (χ0) is 66.1. The zero-order valence-electron chi connectivity index (χ0n) is 55.0. The predicted octanol–water partition coefficient (Wildman–Crippen LogP) is 22.6. The van der Waals surface area contributed by atoms with Gasteiger partial charge in [0.05, 0.1) is 55.5 Å². The number of hydrogen-bond donors (Lipinski definition) is 1. The molecule has 1 N–H and O–H groups in total. The van der Waals surface area contributed by atoms with Crippen molar-refractivity contribution in [2.24, 2.45) is 9.98 Å². The van der Waals surface area contributed by atoms with E-state index in [0.29, 0.717) is 0 Å². The Labute approximate surface area is 579 Å². The average molecular weight is 1290 g/mol. The summed E-state index contributed by atoms with van der Waals surface area (Å²) in [4.78, 5) is 13.7. The van der Waals surface area contributed by atoms with E-state index in [9.17, 15) is 0 Å². The lowest BCUT2D eigenvalue weighted by Crippen LogP contribution is -2.49. The standard InChI is InChI=1S/C93H60N8/c1-97-80-55-94-92(60-29-8-3-9-30-60)95-83(80)82(59-27-6-2-7-28-59)96-93(97)61-52-64(100-85-67-36-18-15-25-57(67)43-46-74(85)77-49-48-76-73-45-42-56-24-14-17-35-66(56)84(73)98(88(76)89(77)100)62-31-10-4-11-32-62)54-65(53-61)101-86-68-37-19-16-26-58(68)44-47-75(86)78-50-51-79-81-71-40-22-20-38-69(71)70-39-21-23-41-72(70)87(81)99(91(79)90(78)101)63-33-12-5-13-34-63/h2-55,80,92,95H,1H3. The summed E-state index contributed by atoms with van der Waals surface area (Å²) in [6, 6.07) is 119. The van der Waals surface area contributed by atoms with E-state index >= 15 is 0 Å². The minimum absolute atomic E-state index is 0.291. The number of likely N-dealkylation sites (N-methyl/N-ethyl adjacent to an activating group) is 1. The molecule has 8 nitrogen and oxygen atoms in total. The van der Waals surface area contributed by atoms with Gasteiger partial charge in [-0.2, -0.15) is 0 Å². The van der Waals surface area contributed by atoms with E-state index in [4.69, 9.17) is 9.98 Å². The van der Waals surface area contributed by atoms with Crippen LogP contribution in [0.4, 0.5) is 0 Å². The van der Waals surface area contributed by atoms with Crippen LogP contribution >= 0.6 is 0 Å². The van der Waals surface area contributed by atoms with Gasteiger partial charge in [0.1, 0.15) is 18.0 Å². The summed E-state index contributed by atoms with van der Waals surface area (Å²) >= 11 is 0. The molecule has 0 bridgehead atoms. The van der Waals surface area contributed by atoms with Crippen molar-refractivity contribution in [1.82, 2.24) is 28.5 Å². The van der Waals surface area contributed by atoms with E-state index in [2.05, 4.69) is 363 Å². The maximum Gasteiger partial charge on any atom is 0.144 e. The summed E-state index contributed by atoms with van der Waals surface area (Å²) < 4.78 is 10.4. The number of aromatic nitrogens is 4. The largest absolute Gasteiger partial charge is 0.360 e. The van der Waals surface area contributed by atoms with E-state index < -0.39 is 0 Å². The molecular weight excluding hydrogens is 1230 g/mol. The lowest BCUT2D eigenvalue weighted by molar-refractivity contribution is 0.434. The number of amidine groups is 1. The summed E-state index contributed by atoms with van der Waals surface area (Å²) in [5.74, 6) is 0.819. The minimum atomic E-state index is -0.294. The van der Waals surface area contributed by atoms with Gasteiger partial charge in [0.15, 0.2) is 0 Å². The molecule has 4 aromatic heterocycles. The van der Waals surface area contributed by atoms with Crippen LogP contribution in [0.1, 0.15) is 22.9 Å². The molecule has 2 aliphatic rings. The smallest absolute Gasteiger partial charge is 0.144 e. The number of aliphatic imine (C=N–C) groups is 2. The van der Waals surface area contributed by atoms with Crippen LogP contribution in [0.3, 0.4) is 0 Å². The molecule has 0 radical (unpaired) electrons. The highest BCUT2D eigenvalue weighted by Gasteiger charge is 2.36. The molecule has 2 atom stereocenters. The molecule has 22 rings (SSSR count). The Hall–Kier alpha value is -13.3. The quantitative estimate of drug-likeness (QED) is 0.162. The Kier molecular flexibility index (Phi) is 11.8. The highest BCUT2D eigenvalue weighted by Crippen LogP contribution is 2.50. The summed E-state index contributed by atoms with van der Waals surface area (Å²) in [6.45, 7) is 0. The SMILES string of the molecule is CN1C(c2cc(-n3c4c5ccccc5ccc4c4ccc5c6ccc7ccccc7c6n(-c6ccccc6)c5c43)cc(-n3c4c5ccccc5ccc4c4ccc5c6c7ccccc7c7ccccc7c6n(-c6ccccc6)c5c43)c2)=NC(c2ccccc2)=C2NC(c3ccccc3)N=CC21. The molecule has 0 aliphatic carbocycles. The lowest BCUT2D eigenvalue weighted by Gasteiger charge is -2.39. The minimum Gasteiger partial charge on any atom is -0.360 e. The van der Waals surface area contributed by atoms with Crippen LogP contribution in [0.25, 0.3) is 170 Å². The van der Waals surface area contributed by atoms with Crippen molar-refractivity contribution >= 4 is 159 Å². The van der Waals surface area contributed by atoms with Gasteiger partial charge in [-0.25, -0.2) is 4.99 Å². The molecule has 8 heteroatoms. The van der Waals surface area contributed by atoms with Crippen LogP contribution < -0.4 is 5.32 Å². The molecule has 16 aromatic carbocycles. The monoisotopic (exact) mass is 1290 g/mol. The van der Waals surface area contributed by atoms with E-state index in [1.807, 2.05) is 0 Å². The van der Waals surface area contributed by atoms with Crippen molar-refractivity contribution in [2.45, 2.75) is 12.2 Å². The maximum atomic E-state index is 6.03. The highest BCUT2D eigenvalue weighted by atomic mass is 15.3. The third kappa shape index (κ3) is 7.95. The molecule has 101 heavy (non-hydrogen) atoms. The number of fused-ring (bicyclic) bond motifs is 26. The van der Waals surface area contributed by atoms with Crippen molar-refractivity contribution in [3.05, 3.63) is 344 Å². The molecular formula is C93H60N8. The first kappa shape index (κ1) is 55.8. The Morgan fingerprint density at radius 2 is 0.653 bits per heavy atom. The van der Waals surface area contributed by atoms with Crippen molar-refractivity contribution < 1.29 is 0 Å². The Morgan fingerprint density at radius 1 is 0.287 bits per heavy atom. The molecule has 2 unspecified atom stereocenters. The first-order chi connectivity index (χ1) is 50.1. The van der Waals surface area contributed by atoms with Gasteiger partial charge in [0.2, 0.25) is 0 Å². The second-order valence-corrected chi connectivity index (χ2v) is 27.2. The van der Waals surface area contributed by atoms with Crippen LogP contribution in [0.5, 0.6) is 0 Å². The van der Waals surface area contributed by atoms with Crippen molar-refractivity contribution in [1.29, 1.82) is 0 Å². The van der Waals surface area contributed by atoms with E-state index in [-0.39, 0.29) is 12.2 Å². The Morgan fingerprint density at radius 3 is 1.17 bits per heavy atom. The number of hydrogen-bond acceptors (Lipinski definition) is 4. The second-order valence-electron chi connectivity index (χ2n) is 27.2. The van der Waals surface area contributed by atoms with Gasteiger partial charge < -0.3 is 28.5 Å². The summed E-state index contributed by atoms with van der Waals surface area (Å²) in [6.07, 6.45) is 1.84. The van der Waals surface area contributed by atoms with Crippen LogP contribution in [-0.2, 0) is 0 Å². The first-order valence-electron chi connectivity index (χ1n) is 34.8. The number of nitrogens with zero attached hydrogens (tertiary/aromatic N) is 7. The molecule has 472 valence electrons. The normalized spacial score (nSPS) is 15.0. The van der Waals surface area contributed by atoms with Gasteiger partial charge in [-0.15, -0.1) is 0 Å². The fourth-order valence-corrected chi connectivity index (χ4v) is 17.6. The third-order valence-corrected chi connectivity index (χ3v) is 21.9. The molecule has 0 fully saturated rings. The van der Waals surface area contributed by atoms with Gasteiger partial charge in [0, 0.05) is 112 Å². The molecule has 0 spiro atoms. The third-order valence-electron chi connectivity index (χ3n) is 21.9. The number of nitrogens with one attached hydrogen (secondary N) is 1. The highest BCUT2D eigenvalue weighted by molar-refractivity contribution is 6.36. The fraction of sp³-hybridized carbons (Fsp3) is 0.0323. The van der Waals surface area contributed by atoms with Crippen LogP contribution in [0, 0.1) is 0 Å². The van der Waals surface area contributed by atoms with Crippen molar-refractivity contribution in [3.63, 3.8) is 0 Å². The molecule has 2 aliphatic heterocycles. The summed E-state index contributed by atoms with van der Waals surface area (Å²) in [5, 5.41) is 25.3. The lowest BCUT2D eigenvalue weighted by atomic mass is 9.96. The van der Waals surface area contributed by atoms with Gasteiger partial charge in [-0.1, -0.05) is 279 Å². The maximum absolute atomic E-state index is 6.03. The molecule has 0 amide bonds. The molecule has 0 saturated heterocycles. The van der Waals surface area contributed by atoms with Crippen LogP contribution in [0.15, 0.2) is 337 Å². The molecule has 6 heterocycles. The summed E-state index contributed by atoms with van der Waals surface area (Å²) in [5.41, 5.74) is 18.2. The number of rotatable bonds is 7. The zero-order valence-corrected chi connectivity index (χ0v) is 55.0. The molecule has 0 saturated carbocycles. The van der Waals surface area contributed by atoms with Crippen LogP contribution in [0.2, 0.25) is 0 Å². The topological polar surface area (TPSA) is 59.7 Å². The van der Waals surface area contributed by atoms with Gasteiger partial charge >= 0.3 is 0 Å². The Balaban J connectivity index is 0.952. The summed E-state index contributed by atoms with van der Waals surface area (Å²) in [7, 11) is 2.19.